The Morgan fingerprint density at radius 2 is 2.08 bits per heavy atom. The summed E-state index contributed by atoms with van der Waals surface area (Å²) in [7, 11) is 0. The van der Waals surface area contributed by atoms with Crippen molar-refractivity contribution in [2.45, 2.75) is 37.2 Å². The van der Waals surface area contributed by atoms with Crippen LogP contribution in [0, 0.1) is 0 Å². The number of aliphatic hydroxyl groups excluding tert-OH is 1. The summed E-state index contributed by atoms with van der Waals surface area (Å²) in [6.45, 7) is 6.02. The van der Waals surface area contributed by atoms with Crippen molar-refractivity contribution in [2.24, 2.45) is 0 Å². The number of hydrogen-bond donors (Lipinski definition) is 1. The summed E-state index contributed by atoms with van der Waals surface area (Å²) in [6, 6.07) is 3.78. The number of nitrogens with zero attached hydrogens (tertiary/aromatic N) is 1. The lowest BCUT2D eigenvalue weighted by atomic mass is 10.2. The summed E-state index contributed by atoms with van der Waals surface area (Å²) in [5.41, 5.74) is 0.929. The van der Waals surface area contributed by atoms with Crippen molar-refractivity contribution < 1.29 is 5.11 Å². The van der Waals surface area contributed by atoms with Gasteiger partial charge in [-0.3, -0.25) is 0 Å². The van der Waals surface area contributed by atoms with E-state index in [9.17, 15) is 5.11 Å². The van der Waals surface area contributed by atoms with Crippen LogP contribution in [0.3, 0.4) is 0 Å². The number of rotatable bonds is 3. The summed E-state index contributed by atoms with van der Waals surface area (Å²) in [5.74, 6) is 0. The Hall–Kier alpha value is -0.540. The first-order valence-corrected chi connectivity index (χ1v) is 5.28. The second-order valence-corrected chi connectivity index (χ2v) is 4.87. The third kappa shape index (κ3) is 3.36. The van der Waals surface area contributed by atoms with Crippen molar-refractivity contribution >= 4 is 11.8 Å². The van der Waals surface area contributed by atoms with Crippen LogP contribution in [-0.2, 0) is 0 Å². The summed E-state index contributed by atoms with van der Waals surface area (Å²) < 4.78 is 0. The molecule has 0 saturated carbocycles. The van der Waals surface area contributed by atoms with Crippen LogP contribution in [0.25, 0.3) is 0 Å². The topological polar surface area (TPSA) is 33.1 Å². The lowest BCUT2D eigenvalue weighted by Gasteiger charge is -2.07. The zero-order chi connectivity index (χ0) is 9.84. The van der Waals surface area contributed by atoms with E-state index in [0.29, 0.717) is 5.25 Å². The molecule has 1 rings (SSSR count). The van der Waals surface area contributed by atoms with Crippen LogP contribution in [0.2, 0.25) is 0 Å². The molecule has 13 heavy (non-hydrogen) atoms. The number of aliphatic hydroxyl groups is 1. The molecule has 1 atom stereocenters. The number of thioether (sulfide) groups is 1. The number of aromatic nitrogens is 1. The molecule has 0 saturated heterocycles. The van der Waals surface area contributed by atoms with Gasteiger partial charge in [0.25, 0.3) is 0 Å². The molecule has 1 N–H and O–H groups in total. The van der Waals surface area contributed by atoms with E-state index in [1.165, 1.54) is 0 Å². The molecule has 0 aliphatic carbocycles. The SMILES string of the molecule is CC(C)Sc1cc(C(C)O)ccn1. The van der Waals surface area contributed by atoms with E-state index in [-0.39, 0.29) is 0 Å². The van der Waals surface area contributed by atoms with E-state index in [2.05, 4.69) is 18.8 Å². The van der Waals surface area contributed by atoms with Crippen LogP contribution in [0.1, 0.15) is 32.4 Å². The molecule has 0 aromatic carbocycles. The summed E-state index contributed by atoms with van der Waals surface area (Å²) in [6.07, 6.45) is 1.33. The normalized spacial score (nSPS) is 13.3. The molecule has 0 radical (unpaired) electrons. The standard InChI is InChI=1S/C10H15NOS/c1-7(2)13-10-6-9(8(3)12)4-5-11-10/h4-8,12H,1-3H3. The van der Waals surface area contributed by atoms with E-state index < -0.39 is 6.10 Å². The Balaban J connectivity index is 2.79. The molecule has 1 aromatic rings. The predicted octanol–water partition coefficient (Wildman–Crippen LogP) is 2.64. The van der Waals surface area contributed by atoms with Gasteiger partial charge in [-0.05, 0) is 24.6 Å². The maximum Gasteiger partial charge on any atom is 0.0966 e. The van der Waals surface area contributed by atoms with Crippen molar-refractivity contribution in [3.8, 4) is 0 Å². The van der Waals surface area contributed by atoms with Gasteiger partial charge in [-0.25, -0.2) is 4.98 Å². The van der Waals surface area contributed by atoms with Gasteiger partial charge in [-0.1, -0.05) is 13.8 Å². The average molecular weight is 197 g/mol. The van der Waals surface area contributed by atoms with Crippen LogP contribution in [0.15, 0.2) is 23.4 Å². The smallest absolute Gasteiger partial charge is 0.0966 e. The predicted molar refractivity (Wildman–Crippen MR) is 55.9 cm³/mol. The third-order valence-corrected chi connectivity index (χ3v) is 2.53. The lowest BCUT2D eigenvalue weighted by Crippen LogP contribution is -1.94. The van der Waals surface area contributed by atoms with Crippen molar-refractivity contribution in [3.05, 3.63) is 23.9 Å². The van der Waals surface area contributed by atoms with Gasteiger partial charge < -0.3 is 5.11 Å². The molecule has 72 valence electrons. The van der Waals surface area contributed by atoms with Crippen molar-refractivity contribution in [1.82, 2.24) is 4.98 Å². The van der Waals surface area contributed by atoms with Crippen molar-refractivity contribution in [1.29, 1.82) is 0 Å². The van der Waals surface area contributed by atoms with Gasteiger partial charge in [-0.15, -0.1) is 11.8 Å². The largest absolute Gasteiger partial charge is 0.389 e. The molecule has 0 aliphatic rings. The molecule has 0 fully saturated rings. The minimum Gasteiger partial charge on any atom is -0.389 e. The van der Waals surface area contributed by atoms with Crippen molar-refractivity contribution in [3.63, 3.8) is 0 Å². The van der Waals surface area contributed by atoms with E-state index in [1.807, 2.05) is 12.1 Å². The second-order valence-electron chi connectivity index (χ2n) is 3.27. The zero-order valence-corrected chi connectivity index (χ0v) is 9.01. The molecular weight excluding hydrogens is 182 g/mol. The maximum absolute atomic E-state index is 9.35. The molecule has 0 amide bonds. The quantitative estimate of drug-likeness (QED) is 0.756. The fourth-order valence-corrected chi connectivity index (χ4v) is 1.80. The second kappa shape index (κ2) is 4.63. The van der Waals surface area contributed by atoms with Gasteiger partial charge in [0.05, 0.1) is 11.1 Å². The molecule has 1 unspecified atom stereocenters. The molecule has 3 heteroatoms. The Morgan fingerprint density at radius 1 is 1.38 bits per heavy atom. The summed E-state index contributed by atoms with van der Waals surface area (Å²) >= 11 is 1.71. The monoisotopic (exact) mass is 197 g/mol. The van der Waals surface area contributed by atoms with Crippen molar-refractivity contribution in [2.75, 3.05) is 0 Å². The van der Waals surface area contributed by atoms with Crippen LogP contribution in [-0.4, -0.2) is 15.3 Å². The fourth-order valence-electron chi connectivity index (χ4n) is 0.991. The number of hydrogen-bond acceptors (Lipinski definition) is 3. The first-order chi connectivity index (χ1) is 6.09. The first kappa shape index (κ1) is 10.5. The van der Waals surface area contributed by atoms with Gasteiger partial charge in [0, 0.05) is 11.4 Å². The van der Waals surface area contributed by atoms with E-state index in [0.717, 1.165) is 10.6 Å². The van der Waals surface area contributed by atoms with E-state index >= 15 is 0 Å². The zero-order valence-electron chi connectivity index (χ0n) is 8.19. The highest BCUT2D eigenvalue weighted by atomic mass is 32.2. The minimum atomic E-state index is -0.408. The molecule has 0 spiro atoms. The average Bonchev–Trinajstić information content (AvgIpc) is 2.03. The summed E-state index contributed by atoms with van der Waals surface area (Å²) in [4.78, 5) is 4.21. The van der Waals surface area contributed by atoms with Gasteiger partial charge in [0.15, 0.2) is 0 Å². The molecule has 0 aliphatic heterocycles. The van der Waals surface area contributed by atoms with Crippen LogP contribution in [0.4, 0.5) is 0 Å². The Morgan fingerprint density at radius 3 is 2.62 bits per heavy atom. The van der Waals surface area contributed by atoms with Crippen LogP contribution < -0.4 is 0 Å². The Labute approximate surface area is 83.4 Å². The minimum absolute atomic E-state index is 0.408. The lowest BCUT2D eigenvalue weighted by molar-refractivity contribution is 0.199. The first-order valence-electron chi connectivity index (χ1n) is 4.40. The maximum atomic E-state index is 9.35. The van der Waals surface area contributed by atoms with Gasteiger partial charge in [0.1, 0.15) is 0 Å². The number of pyridine rings is 1. The van der Waals surface area contributed by atoms with Gasteiger partial charge in [0.2, 0.25) is 0 Å². The molecule has 0 bridgehead atoms. The molecular formula is C10H15NOS. The Bertz CT molecular complexity index is 273. The highest BCUT2D eigenvalue weighted by Crippen LogP contribution is 2.23. The fraction of sp³-hybridized carbons (Fsp3) is 0.500. The van der Waals surface area contributed by atoms with Gasteiger partial charge >= 0.3 is 0 Å². The molecule has 2 nitrogen and oxygen atoms in total. The van der Waals surface area contributed by atoms with E-state index in [4.69, 9.17) is 0 Å². The highest BCUT2D eigenvalue weighted by molar-refractivity contribution is 7.99. The van der Waals surface area contributed by atoms with Gasteiger partial charge in [-0.2, -0.15) is 0 Å². The van der Waals surface area contributed by atoms with Crippen LogP contribution in [0.5, 0.6) is 0 Å². The highest BCUT2D eigenvalue weighted by Gasteiger charge is 2.04. The van der Waals surface area contributed by atoms with Crippen LogP contribution >= 0.6 is 11.8 Å². The molecule has 1 aromatic heterocycles. The van der Waals surface area contributed by atoms with E-state index in [1.54, 1.807) is 24.9 Å². The summed E-state index contributed by atoms with van der Waals surface area (Å²) in [5, 5.41) is 10.9. The Kier molecular flexibility index (Phi) is 3.75. The molecule has 1 heterocycles. The third-order valence-electron chi connectivity index (χ3n) is 1.60.